The van der Waals surface area contributed by atoms with Gasteiger partial charge in [0, 0.05) is 16.8 Å². The third-order valence-electron chi connectivity index (χ3n) is 3.00. The number of sulfonamides is 1. The Hall–Kier alpha value is -1.26. The summed E-state index contributed by atoms with van der Waals surface area (Å²) in [5.74, 6) is 0. The summed E-state index contributed by atoms with van der Waals surface area (Å²) in [6, 6.07) is 0. The van der Waals surface area contributed by atoms with E-state index in [4.69, 9.17) is 5.14 Å². The van der Waals surface area contributed by atoms with Gasteiger partial charge in [-0.15, -0.1) is 0 Å². The van der Waals surface area contributed by atoms with Crippen molar-refractivity contribution >= 4 is 19.9 Å². The van der Waals surface area contributed by atoms with Crippen LogP contribution in [0.4, 0.5) is 0 Å². The molecule has 19 heavy (non-hydrogen) atoms. The average molecular weight is 310 g/mol. The summed E-state index contributed by atoms with van der Waals surface area (Å²) < 4.78 is 47.0. The standard InChI is InChI=1S/C9H14N2O6S2/c1-3-7-5-4-6-8(19(10,16)17)9(7,11(12)13)18(2,14)15/h4-6,8H,3H2,1-2H3,(H2,10,16,17). The van der Waals surface area contributed by atoms with Gasteiger partial charge in [-0.05, 0) is 6.42 Å². The van der Waals surface area contributed by atoms with Crippen molar-refractivity contribution in [2.24, 2.45) is 5.14 Å². The van der Waals surface area contributed by atoms with Gasteiger partial charge in [0.2, 0.25) is 19.9 Å². The van der Waals surface area contributed by atoms with Gasteiger partial charge in [-0.2, -0.15) is 0 Å². The summed E-state index contributed by atoms with van der Waals surface area (Å²) in [7, 11) is -8.81. The number of sulfone groups is 1. The van der Waals surface area contributed by atoms with E-state index in [0.29, 0.717) is 6.26 Å². The Labute approximate surface area is 111 Å². The van der Waals surface area contributed by atoms with Gasteiger partial charge in [0.15, 0.2) is 5.25 Å². The normalized spacial score (nSPS) is 27.9. The SMILES string of the molecule is CCC1=CC=CC(S(N)(=O)=O)C1([N+](=O)[O-])S(C)(=O)=O. The summed E-state index contributed by atoms with van der Waals surface area (Å²) in [5.41, 5.74) is -0.110. The summed E-state index contributed by atoms with van der Waals surface area (Å²) >= 11 is 0. The zero-order chi connectivity index (χ0) is 15.1. The number of primary sulfonamides is 1. The lowest BCUT2D eigenvalue weighted by Crippen LogP contribution is -2.60. The number of nitrogens with two attached hydrogens (primary N) is 1. The molecule has 2 N–H and O–H groups in total. The number of nitro groups is 1. The molecule has 0 saturated heterocycles. The fourth-order valence-corrected chi connectivity index (χ4v) is 5.59. The summed E-state index contributed by atoms with van der Waals surface area (Å²) in [6.45, 7) is 1.51. The first-order valence-electron chi connectivity index (χ1n) is 5.23. The van der Waals surface area contributed by atoms with Gasteiger partial charge in [0.1, 0.15) is 0 Å². The number of hydrogen-bond acceptors (Lipinski definition) is 6. The average Bonchev–Trinajstić information content (AvgIpc) is 2.24. The summed E-state index contributed by atoms with van der Waals surface area (Å²) in [6.07, 6.45) is 4.09. The van der Waals surface area contributed by atoms with Gasteiger partial charge in [0.25, 0.3) is 0 Å². The van der Waals surface area contributed by atoms with Crippen LogP contribution in [0, 0.1) is 10.1 Å². The van der Waals surface area contributed by atoms with Crippen LogP contribution in [-0.4, -0.2) is 38.1 Å². The van der Waals surface area contributed by atoms with E-state index in [2.05, 4.69) is 0 Å². The number of nitrogens with zero attached hydrogens (tertiary/aromatic N) is 1. The third-order valence-corrected chi connectivity index (χ3v) is 6.15. The Morgan fingerprint density at radius 1 is 1.42 bits per heavy atom. The first-order valence-corrected chi connectivity index (χ1v) is 8.73. The van der Waals surface area contributed by atoms with Crippen molar-refractivity contribution in [1.82, 2.24) is 0 Å². The van der Waals surface area contributed by atoms with Gasteiger partial charge in [-0.1, -0.05) is 25.2 Å². The molecule has 0 aromatic heterocycles. The third kappa shape index (κ3) is 2.30. The van der Waals surface area contributed by atoms with Crippen molar-refractivity contribution in [3.63, 3.8) is 0 Å². The monoisotopic (exact) mass is 310 g/mol. The minimum Gasteiger partial charge on any atom is -0.262 e. The van der Waals surface area contributed by atoms with Crippen molar-refractivity contribution in [2.75, 3.05) is 6.26 Å². The predicted molar refractivity (Wildman–Crippen MR) is 69.0 cm³/mol. The second-order valence-corrected chi connectivity index (χ2v) is 8.02. The van der Waals surface area contributed by atoms with Crippen molar-refractivity contribution in [3.8, 4) is 0 Å². The molecule has 0 aromatic rings. The lowest BCUT2D eigenvalue weighted by Gasteiger charge is -2.31. The van der Waals surface area contributed by atoms with Gasteiger partial charge in [-0.25, -0.2) is 22.0 Å². The van der Waals surface area contributed by atoms with Gasteiger partial charge in [-0.3, -0.25) is 10.1 Å². The molecule has 0 saturated carbocycles. The molecular formula is C9H14N2O6S2. The molecule has 2 unspecified atom stereocenters. The van der Waals surface area contributed by atoms with E-state index < -0.39 is 34.9 Å². The lowest BCUT2D eigenvalue weighted by atomic mass is 9.96. The molecule has 0 heterocycles. The minimum absolute atomic E-state index is 0.0183. The molecule has 108 valence electrons. The molecule has 0 aromatic carbocycles. The van der Waals surface area contributed by atoms with Crippen molar-refractivity contribution < 1.29 is 21.8 Å². The van der Waals surface area contributed by atoms with E-state index >= 15 is 0 Å². The van der Waals surface area contributed by atoms with Crippen molar-refractivity contribution in [2.45, 2.75) is 23.5 Å². The number of allylic oxidation sites excluding steroid dienone is 2. The second kappa shape index (κ2) is 4.69. The van der Waals surface area contributed by atoms with Gasteiger partial charge >= 0.3 is 4.87 Å². The maximum atomic E-state index is 11.9. The van der Waals surface area contributed by atoms with Crippen LogP contribution in [0.3, 0.4) is 0 Å². The molecule has 1 rings (SSSR count). The first-order chi connectivity index (χ1) is 8.49. The molecule has 0 radical (unpaired) electrons. The molecule has 0 amide bonds. The van der Waals surface area contributed by atoms with E-state index in [1.54, 1.807) is 0 Å². The van der Waals surface area contributed by atoms with Crippen LogP contribution >= 0.6 is 0 Å². The van der Waals surface area contributed by atoms with Crippen LogP contribution in [0.5, 0.6) is 0 Å². The molecule has 0 fully saturated rings. The topological polar surface area (TPSA) is 137 Å². The van der Waals surface area contributed by atoms with Crippen LogP contribution in [0.2, 0.25) is 0 Å². The van der Waals surface area contributed by atoms with Crippen LogP contribution in [-0.2, 0) is 19.9 Å². The van der Waals surface area contributed by atoms with Crippen LogP contribution < -0.4 is 5.14 Å². The largest absolute Gasteiger partial charge is 0.361 e. The molecule has 0 spiro atoms. The highest BCUT2D eigenvalue weighted by Crippen LogP contribution is 2.38. The number of rotatable bonds is 4. The van der Waals surface area contributed by atoms with Crippen molar-refractivity contribution in [1.29, 1.82) is 0 Å². The Morgan fingerprint density at radius 3 is 2.26 bits per heavy atom. The predicted octanol–water partition coefficient (Wildman–Crippen LogP) is -0.433. The minimum atomic E-state index is -4.45. The van der Waals surface area contributed by atoms with Crippen LogP contribution in [0.1, 0.15) is 13.3 Å². The van der Waals surface area contributed by atoms with E-state index in [9.17, 15) is 26.9 Å². The Morgan fingerprint density at radius 2 is 1.95 bits per heavy atom. The second-order valence-electron chi connectivity index (χ2n) is 4.17. The van der Waals surface area contributed by atoms with E-state index in [1.165, 1.54) is 19.1 Å². The molecule has 8 nitrogen and oxygen atoms in total. The van der Waals surface area contributed by atoms with E-state index in [-0.39, 0.29) is 12.0 Å². The highest BCUT2D eigenvalue weighted by molar-refractivity contribution is 7.95. The molecule has 0 aliphatic heterocycles. The Balaban J connectivity index is 3.83. The molecule has 10 heteroatoms. The maximum Gasteiger partial charge on any atom is 0.361 e. The summed E-state index contributed by atoms with van der Waals surface area (Å²) in [5, 5.41) is 14.4. The fraction of sp³-hybridized carbons (Fsp3) is 0.556. The zero-order valence-corrected chi connectivity index (χ0v) is 11.9. The van der Waals surface area contributed by atoms with Gasteiger partial charge < -0.3 is 0 Å². The van der Waals surface area contributed by atoms with Crippen molar-refractivity contribution in [3.05, 3.63) is 33.9 Å². The number of hydrogen-bond donors (Lipinski definition) is 1. The quantitative estimate of drug-likeness (QED) is 0.552. The molecule has 1 aliphatic rings. The first kappa shape index (κ1) is 15.8. The smallest absolute Gasteiger partial charge is 0.262 e. The zero-order valence-electron chi connectivity index (χ0n) is 10.3. The molecule has 2 atom stereocenters. The lowest BCUT2D eigenvalue weighted by molar-refractivity contribution is -0.528. The Bertz CT molecular complexity index is 661. The maximum absolute atomic E-state index is 11.9. The van der Waals surface area contributed by atoms with Gasteiger partial charge in [0.05, 0.1) is 0 Å². The van der Waals surface area contributed by atoms with E-state index in [1.807, 2.05) is 0 Å². The Kier molecular flexibility index (Phi) is 3.90. The molecule has 0 bridgehead atoms. The van der Waals surface area contributed by atoms with Crippen LogP contribution in [0.15, 0.2) is 23.8 Å². The van der Waals surface area contributed by atoms with Crippen LogP contribution in [0.25, 0.3) is 0 Å². The highest BCUT2D eigenvalue weighted by Gasteiger charge is 2.65. The molecule has 1 aliphatic carbocycles. The summed E-state index contributed by atoms with van der Waals surface area (Å²) in [4.78, 5) is 7.53. The molecular weight excluding hydrogens is 296 g/mol. The van der Waals surface area contributed by atoms with E-state index in [0.717, 1.165) is 6.08 Å². The fourth-order valence-electron chi connectivity index (χ4n) is 2.21. The highest BCUT2D eigenvalue weighted by atomic mass is 32.2.